The second kappa shape index (κ2) is 9.11. The number of benzene rings is 2. The van der Waals surface area contributed by atoms with Crippen LogP contribution in [-0.4, -0.2) is 37.2 Å². The zero-order valence-electron chi connectivity index (χ0n) is 17.5. The monoisotopic (exact) mass is 429 g/mol. The number of amides is 1. The van der Waals surface area contributed by atoms with Crippen molar-refractivity contribution in [1.29, 1.82) is 0 Å². The average Bonchev–Trinajstić information content (AvgIpc) is 3.33. The molecule has 3 heterocycles. The van der Waals surface area contributed by atoms with Gasteiger partial charge in [0.1, 0.15) is 23.9 Å². The molecule has 1 saturated heterocycles. The van der Waals surface area contributed by atoms with Crippen LogP contribution in [0.3, 0.4) is 0 Å². The normalized spacial score (nSPS) is 13.8. The van der Waals surface area contributed by atoms with Gasteiger partial charge in [-0.3, -0.25) is 4.79 Å². The summed E-state index contributed by atoms with van der Waals surface area (Å²) in [6, 6.07) is 21.1. The largest absolute Gasteiger partial charge is 0.486 e. The molecule has 0 bridgehead atoms. The molecule has 0 spiro atoms. The first-order valence-electron chi connectivity index (χ1n) is 10.5. The van der Waals surface area contributed by atoms with Gasteiger partial charge in [0.15, 0.2) is 5.76 Å². The first kappa shape index (κ1) is 20.1. The third-order valence-electron chi connectivity index (χ3n) is 5.35. The van der Waals surface area contributed by atoms with E-state index in [2.05, 4.69) is 21.3 Å². The zero-order chi connectivity index (χ0) is 21.8. The van der Waals surface area contributed by atoms with E-state index in [1.54, 1.807) is 24.4 Å². The van der Waals surface area contributed by atoms with Gasteiger partial charge in [-0.2, -0.15) is 0 Å². The zero-order valence-corrected chi connectivity index (χ0v) is 17.5. The van der Waals surface area contributed by atoms with Crippen molar-refractivity contribution in [3.05, 3.63) is 84.4 Å². The van der Waals surface area contributed by atoms with Gasteiger partial charge in [0.05, 0.1) is 25.1 Å². The lowest BCUT2D eigenvalue weighted by molar-refractivity contribution is 0.0992. The van der Waals surface area contributed by atoms with Crippen molar-refractivity contribution in [2.24, 2.45) is 0 Å². The highest BCUT2D eigenvalue weighted by Gasteiger charge is 2.14. The molecule has 0 saturated carbocycles. The number of carbonyl (C=O) groups is 1. The van der Waals surface area contributed by atoms with Crippen LogP contribution in [0.2, 0.25) is 0 Å². The number of pyridine rings is 1. The van der Waals surface area contributed by atoms with Gasteiger partial charge < -0.3 is 24.1 Å². The van der Waals surface area contributed by atoms with Crippen LogP contribution >= 0.6 is 0 Å². The molecule has 32 heavy (non-hydrogen) atoms. The lowest BCUT2D eigenvalue weighted by atomic mass is 10.1. The molecular formula is C25H23N3O4. The minimum Gasteiger partial charge on any atom is -0.486 e. The molecule has 4 aromatic rings. The number of hydrogen-bond acceptors (Lipinski definition) is 6. The number of ether oxygens (including phenoxy) is 2. The van der Waals surface area contributed by atoms with Crippen molar-refractivity contribution in [1.82, 2.24) is 4.98 Å². The SMILES string of the molecule is O=C(Nc1ccc(N2CCOCC2)cn1)c1ccc(COc2ccc3ccccc3c2)o1. The summed E-state index contributed by atoms with van der Waals surface area (Å²) in [6.07, 6.45) is 1.76. The van der Waals surface area contributed by atoms with Crippen molar-refractivity contribution in [2.45, 2.75) is 6.61 Å². The lowest BCUT2D eigenvalue weighted by Crippen LogP contribution is -2.36. The van der Waals surface area contributed by atoms with Crippen LogP contribution in [0.25, 0.3) is 10.8 Å². The molecule has 162 valence electrons. The Kier molecular flexibility index (Phi) is 5.72. The third kappa shape index (κ3) is 4.58. The summed E-state index contributed by atoms with van der Waals surface area (Å²) in [5.74, 6) is 1.64. The smallest absolute Gasteiger partial charge is 0.292 e. The number of morpholine rings is 1. The summed E-state index contributed by atoms with van der Waals surface area (Å²) in [5, 5.41) is 5.03. The summed E-state index contributed by atoms with van der Waals surface area (Å²) in [5.41, 5.74) is 1.01. The molecule has 7 heteroatoms. The van der Waals surface area contributed by atoms with E-state index in [1.807, 2.05) is 42.5 Å². The number of fused-ring (bicyclic) bond motifs is 1. The third-order valence-corrected chi connectivity index (χ3v) is 5.35. The standard InChI is InChI=1S/C25H23N3O4/c29-25(27-24-10-6-20(16-26-24)28-11-13-30-14-12-28)23-9-8-22(32-23)17-31-21-7-5-18-3-1-2-4-19(18)15-21/h1-10,15-16H,11-14,17H2,(H,26,27,29). The number of hydrogen-bond donors (Lipinski definition) is 1. The first-order valence-corrected chi connectivity index (χ1v) is 10.5. The van der Waals surface area contributed by atoms with Crippen LogP contribution in [0.15, 0.2) is 77.3 Å². The van der Waals surface area contributed by atoms with Crippen LogP contribution < -0.4 is 15.0 Å². The maximum absolute atomic E-state index is 12.5. The van der Waals surface area contributed by atoms with Gasteiger partial charge in [-0.15, -0.1) is 0 Å². The van der Waals surface area contributed by atoms with Gasteiger partial charge in [0.2, 0.25) is 0 Å². The molecule has 0 unspecified atom stereocenters. The molecule has 5 rings (SSSR count). The highest BCUT2D eigenvalue weighted by atomic mass is 16.5. The Morgan fingerprint density at radius 3 is 2.66 bits per heavy atom. The topological polar surface area (TPSA) is 76.8 Å². The Balaban J connectivity index is 1.18. The minimum atomic E-state index is -0.353. The molecule has 0 aliphatic carbocycles. The van der Waals surface area contributed by atoms with E-state index in [9.17, 15) is 4.79 Å². The Hall–Kier alpha value is -3.84. The molecular weight excluding hydrogens is 406 g/mol. The van der Waals surface area contributed by atoms with E-state index in [0.717, 1.165) is 35.3 Å². The minimum absolute atomic E-state index is 0.209. The Bertz CT molecular complexity index is 1210. The highest BCUT2D eigenvalue weighted by molar-refractivity contribution is 6.01. The Morgan fingerprint density at radius 2 is 1.84 bits per heavy atom. The van der Waals surface area contributed by atoms with Gasteiger partial charge in [-0.05, 0) is 47.2 Å². The maximum Gasteiger partial charge on any atom is 0.292 e. The highest BCUT2D eigenvalue weighted by Crippen LogP contribution is 2.22. The van der Waals surface area contributed by atoms with E-state index in [4.69, 9.17) is 13.9 Å². The predicted octanol–water partition coefficient (Wildman–Crippen LogP) is 4.50. The summed E-state index contributed by atoms with van der Waals surface area (Å²) in [7, 11) is 0. The number of nitrogens with one attached hydrogen (secondary N) is 1. The van der Waals surface area contributed by atoms with Crippen molar-refractivity contribution < 1.29 is 18.7 Å². The van der Waals surface area contributed by atoms with Crippen molar-refractivity contribution in [3.63, 3.8) is 0 Å². The summed E-state index contributed by atoms with van der Waals surface area (Å²) in [4.78, 5) is 19.1. The molecule has 1 amide bonds. The molecule has 1 aliphatic heterocycles. The predicted molar refractivity (Wildman–Crippen MR) is 122 cm³/mol. The number of aromatic nitrogens is 1. The van der Waals surface area contributed by atoms with Gasteiger partial charge in [-0.25, -0.2) is 4.98 Å². The average molecular weight is 429 g/mol. The molecule has 1 N–H and O–H groups in total. The van der Waals surface area contributed by atoms with Crippen LogP contribution in [0.5, 0.6) is 5.75 Å². The van der Waals surface area contributed by atoms with Crippen LogP contribution in [0.4, 0.5) is 11.5 Å². The molecule has 0 atom stereocenters. The fraction of sp³-hybridized carbons (Fsp3) is 0.200. The van der Waals surface area contributed by atoms with Crippen LogP contribution in [0.1, 0.15) is 16.3 Å². The molecule has 7 nitrogen and oxygen atoms in total. The maximum atomic E-state index is 12.5. The van der Waals surface area contributed by atoms with Gasteiger partial charge >= 0.3 is 0 Å². The molecule has 0 radical (unpaired) electrons. The van der Waals surface area contributed by atoms with E-state index < -0.39 is 0 Å². The Labute approximate surface area is 185 Å². The fourth-order valence-electron chi connectivity index (χ4n) is 3.64. The van der Waals surface area contributed by atoms with Crippen molar-refractivity contribution >= 4 is 28.2 Å². The summed E-state index contributed by atoms with van der Waals surface area (Å²) < 4.78 is 16.9. The number of furan rings is 1. The molecule has 1 aliphatic rings. The van der Waals surface area contributed by atoms with Gasteiger partial charge in [-0.1, -0.05) is 30.3 Å². The lowest BCUT2D eigenvalue weighted by Gasteiger charge is -2.28. The second-order valence-electron chi connectivity index (χ2n) is 7.52. The number of carbonyl (C=O) groups excluding carboxylic acids is 1. The first-order chi connectivity index (χ1) is 15.7. The molecule has 1 fully saturated rings. The van der Waals surface area contributed by atoms with E-state index in [0.29, 0.717) is 24.8 Å². The van der Waals surface area contributed by atoms with Crippen LogP contribution in [0, 0.1) is 0 Å². The second-order valence-corrected chi connectivity index (χ2v) is 7.52. The quantitative estimate of drug-likeness (QED) is 0.487. The Morgan fingerprint density at radius 1 is 1.00 bits per heavy atom. The van der Waals surface area contributed by atoms with E-state index in [1.165, 1.54) is 0 Å². The summed E-state index contributed by atoms with van der Waals surface area (Å²) in [6.45, 7) is 3.33. The number of anilines is 2. The summed E-state index contributed by atoms with van der Waals surface area (Å²) >= 11 is 0. The fourth-order valence-corrected chi connectivity index (χ4v) is 3.64. The van der Waals surface area contributed by atoms with Gasteiger partial charge in [0, 0.05) is 13.1 Å². The van der Waals surface area contributed by atoms with E-state index in [-0.39, 0.29) is 18.3 Å². The number of rotatable bonds is 6. The number of nitrogens with zero attached hydrogens (tertiary/aromatic N) is 2. The van der Waals surface area contributed by atoms with Crippen LogP contribution in [-0.2, 0) is 11.3 Å². The van der Waals surface area contributed by atoms with Crippen molar-refractivity contribution in [3.8, 4) is 5.75 Å². The van der Waals surface area contributed by atoms with E-state index >= 15 is 0 Å². The molecule has 2 aromatic heterocycles. The molecule has 2 aromatic carbocycles. The van der Waals surface area contributed by atoms with Gasteiger partial charge in [0.25, 0.3) is 5.91 Å². The van der Waals surface area contributed by atoms with Crippen molar-refractivity contribution in [2.75, 3.05) is 36.5 Å².